The topological polar surface area (TPSA) is 59.8 Å². The van der Waals surface area contributed by atoms with Crippen molar-refractivity contribution in [1.82, 2.24) is 20.1 Å². The van der Waals surface area contributed by atoms with E-state index in [2.05, 4.69) is 52.1 Å². The lowest BCUT2D eigenvalue weighted by Gasteiger charge is -2.19. The summed E-state index contributed by atoms with van der Waals surface area (Å²) in [6.45, 7) is 7.04. The van der Waals surface area contributed by atoms with Crippen LogP contribution in [0.1, 0.15) is 64.4 Å². The van der Waals surface area contributed by atoms with Crippen molar-refractivity contribution >= 4 is 17.7 Å². The molecule has 0 bridgehead atoms. The fourth-order valence-corrected chi connectivity index (χ4v) is 4.64. The van der Waals surface area contributed by atoms with Gasteiger partial charge in [-0.25, -0.2) is 0 Å². The normalized spacial score (nSPS) is 16.5. The van der Waals surface area contributed by atoms with Crippen molar-refractivity contribution in [2.45, 2.75) is 88.7 Å². The quantitative estimate of drug-likeness (QED) is 0.526. The van der Waals surface area contributed by atoms with Gasteiger partial charge in [-0.15, -0.1) is 10.2 Å². The third kappa shape index (κ3) is 5.37. The first kappa shape index (κ1) is 20.9. The molecule has 1 saturated carbocycles. The summed E-state index contributed by atoms with van der Waals surface area (Å²) in [4.78, 5) is 12.7. The van der Waals surface area contributed by atoms with E-state index in [9.17, 15) is 4.79 Å². The van der Waals surface area contributed by atoms with E-state index in [4.69, 9.17) is 0 Å². The molecule has 0 spiro atoms. The summed E-state index contributed by atoms with van der Waals surface area (Å²) in [6, 6.07) is 8.66. The Morgan fingerprint density at radius 3 is 2.68 bits per heavy atom. The smallest absolute Gasteiger partial charge is 0.233 e. The van der Waals surface area contributed by atoms with Crippen molar-refractivity contribution in [1.29, 1.82) is 0 Å². The summed E-state index contributed by atoms with van der Waals surface area (Å²) in [5, 5.41) is 12.8. The number of hydrogen-bond donors (Lipinski definition) is 1. The van der Waals surface area contributed by atoms with Gasteiger partial charge in [-0.1, -0.05) is 68.1 Å². The molecule has 3 rings (SSSR count). The molecule has 1 fully saturated rings. The number of thioether (sulfide) groups is 1. The molecule has 0 saturated heterocycles. The van der Waals surface area contributed by atoms with E-state index >= 15 is 0 Å². The van der Waals surface area contributed by atoms with Crippen LogP contribution >= 0.6 is 11.8 Å². The highest BCUT2D eigenvalue weighted by atomic mass is 32.2. The van der Waals surface area contributed by atoms with Gasteiger partial charge in [0, 0.05) is 18.2 Å². The lowest BCUT2D eigenvalue weighted by molar-refractivity contribution is -0.121. The fourth-order valence-electron chi connectivity index (χ4n) is 3.75. The van der Waals surface area contributed by atoms with Gasteiger partial charge in [-0.3, -0.25) is 4.79 Å². The van der Waals surface area contributed by atoms with E-state index in [-0.39, 0.29) is 11.2 Å². The average molecular weight is 401 g/mol. The van der Waals surface area contributed by atoms with Gasteiger partial charge in [-0.2, -0.15) is 0 Å². The second-order valence-corrected chi connectivity index (χ2v) is 9.09. The molecule has 28 heavy (non-hydrogen) atoms. The molecule has 1 amide bonds. The van der Waals surface area contributed by atoms with Crippen LogP contribution < -0.4 is 5.32 Å². The molecular weight excluding hydrogens is 368 g/mol. The van der Waals surface area contributed by atoms with Crippen LogP contribution in [0, 0.1) is 6.92 Å². The van der Waals surface area contributed by atoms with Crippen LogP contribution in [0.2, 0.25) is 0 Å². The van der Waals surface area contributed by atoms with E-state index in [1.807, 2.05) is 13.0 Å². The first-order valence-corrected chi connectivity index (χ1v) is 11.4. The van der Waals surface area contributed by atoms with E-state index in [0.29, 0.717) is 6.04 Å². The lowest BCUT2D eigenvalue weighted by Crippen LogP contribution is -2.39. The summed E-state index contributed by atoms with van der Waals surface area (Å²) in [7, 11) is 0. The predicted octanol–water partition coefficient (Wildman–Crippen LogP) is 4.98. The molecule has 6 heteroatoms. The highest BCUT2D eigenvalue weighted by Crippen LogP contribution is 2.28. The molecule has 1 atom stereocenters. The fraction of sp³-hybridized carbons (Fsp3) is 0.591. The van der Waals surface area contributed by atoms with Crippen molar-refractivity contribution in [3.63, 3.8) is 0 Å². The monoisotopic (exact) mass is 400 g/mol. The van der Waals surface area contributed by atoms with Gasteiger partial charge in [0.25, 0.3) is 0 Å². The molecule has 5 nitrogen and oxygen atoms in total. The van der Waals surface area contributed by atoms with Gasteiger partial charge in [0.15, 0.2) is 11.0 Å². The first-order chi connectivity index (χ1) is 13.6. The van der Waals surface area contributed by atoms with Gasteiger partial charge < -0.3 is 9.88 Å². The number of nitrogens with one attached hydrogen (secondary N) is 1. The Labute approximate surface area is 172 Å². The highest BCUT2D eigenvalue weighted by molar-refractivity contribution is 8.00. The lowest BCUT2D eigenvalue weighted by atomic mass is 10.1. The van der Waals surface area contributed by atoms with Crippen LogP contribution in [-0.2, 0) is 11.3 Å². The van der Waals surface area contributed by atoms with Gasteiger partial charge in [0.1, 0.15) is 0 Å². The number of aryl methyl sites for hydroxylation is 1. The predicted molar refractivity (Wildman–Crippen MR) is 115 cm³/mol. The van der Waals surface area contributed by atoms with Crippen LogP contribution in [0.25, 0.3) is 11.4 Å². The molecule has 0 unspecified atom stereocenters. The minimum atomic E-state index is -0.187. The average Bonchev–Trinajstić information content (AvgIpc) is 2.88. The molecule has 1 aromatic heterocycles. The molecular formula is C22H32N4OS. The number of hydrogen-bond acceptors (Lipinski definition) is 4. The van der Waals surface area contributed by atoms with Crippen molar-refractivity contribution in [2.75, 3.05) is 0 Å². The minimum Gasteiger partial charge on any atom is -0.352 e. The maximum Gasteiger partial charge on any atom is 0.233 e. The van der Waals surface area contributed by atoms with Crippen molar-refractivity contribution in [3.05, 3.63) is 29.8 Å². The zero-order chi connectivity index (χ0) is 19.9. The molecule has 0 radical (unpaired) electrons. The van der Waals surface area contributed by atoms with Gasteiger partial charge >= 0.3 is 0 Å². The Bertz CT molecular complexity index is 781. The zero-order valence-corrected chi connectivity index (χ0v) is 18.1. The van der Waals surface area contributed by atoms with Crippen LogP contribution in [0.4, 0.5) is 0 Å². The summed E-state index contributed by atoms with van der Waals surface area (Å²) in [5.41, 5.74) is 2.28. The Morgan fingerprint density at radius 1 is 1.25 bits per heavy atom. The van der Waals surface area contributed by atoms with Crippen molar-refractivity contribution in [3.8, 4) is 11.4 Å². The zero-order valence-electron chi connectivity index (χ0n) is 17.3. The van der Waals surface area contributed by atoms with Gasteiger partial charge in [-0.05, 0) is 39.2 Å². The van der Waals surface area contributed by atoms with E-state index in [1.165, 1.54) is 43.0 Å². The summed E-state index contributed by atoms with van der Waals surface area (Å²) < 4.78 is 2.15. The molecule has 152 valence electrons. The summed E-state index contributed by atoms with van der Waals surface area (Å²) in [5.74, 6) is 0.990. The Kier molecular flexibility index (Phi) is 7.54. The molecule has 1 aromatic carbocycles. The third-order valence-corrected chi connectivity index (χ3v) is 6.37. The standard InChI is InChI=1S/C22H32N4OS/c1-4-14-26-20(18-11-9-10-16(2)15-18)24-25-22(26)28-17(3)21(27)23-19-12-7-5-6-8-13-19/h9-11,15,17,19H,4-8,12-14H2,1-3H3,(H,23,27)/t17-/m0/s1. The van der Waals surface area contributed by atoms with Crippen LogP contribution in [0.3, 0.4) is 0 Å². The minimum absolute atomic E-state index is 0.111. The number of amides is 1. The third-order valence-electron chi connectivity index (χ3n) is 5.29. The summed E-state index contributed by atoms with van der Waals surface area (Å²) in [6.07, 6.45) is 8.22. The number of carbonyl (C=O) groups excluding carboxylic acids is 1. The van der Waals surface area contributed by atoms with Crippen LogP contribution in [0.15, 0.2) is 29.4 Å². The molecule has 0 aliphatic heterocycles. The number of carbonyl (C=O) groups is 1. The Hall–Kier alpha value is -1.82. The summed E-state index contributed by atoms with van der Waals surface area (Å²) >= 11 is 1.51. The second kappa shape index (κ2) is 10.1. The molecule has 1 N–H and O–H groups in total. The Balaban J connectivity index is 1.71. The SMILES string of the molecule is CCCn1c(S[C@@H](C)C(=O)NC2CCCCCC2)nnc1-c1cccc(C)c1. The second-order valence-electron chi connectivity index (χ2n) is 7.78. The largest absolute Gasteiger partial charge is 0.352 e. The molecule has 1 aliphatic rings. The highest BCUT2D eigenvalue weighted by Gasteiger charge is 2.23. The Morgan fingerprint density at radius 2 is 2.00 bits per heavy atom. The molecule has 1 aliphatic carbocycles. The van der Waals surface area contributed by atoms with Gasteiger partial charge in [0.05, 0.1) is 5.25 Å². The number of aromatic nitrogens is 3. The molecule has 2 aromatic rings. The van der Waals surface area contributed by atoms with Crippen molar-refractivity contribution < 1.29 is 4.79 Å². The van der Waals surface area contributed by atoms with Crippen molar-refractivity contribution in [2.24, 2.45) is 0 Å². The first-order valence-electron chi connectivity index (χ1n) is 10.6. The number of rotatable bonds is 7. The maximum atomic E-state index is 12.7. The van der Waals surface area contributed by atoms with E-state index in [1.54, 1.807) is 0 Å². The maximum absolute atomic E-state index is 12.7. The van der Waals surface area contributed by atoms with E-state index < -0.39 is 0 Å². The number of benzene rings is 1. The van der Waals surface area contributed by atoms with Gasteiger partial charge in [0.2, 0.25) is 5.91 Å². The molecule has 1 heterocycles. The number of nitrogens with zero attached hydrogens (tertiary/aromatic N) is 3. The van der Waals surface area contributed by atoms with Crippen LogP contribution in [0.5, 0.6) is 0 Å². The van der Waals surface area contributed by atoms with Crippen LogP contribution in [-0.4, -0.2) is 32.0 Å². The van der Waals surface area contributed by atoms with E-state index in [0.717, 1.165) is 42.4 Å².